The van der Waals surface area contributed by atoms with Crippen LogP contribution in [0.2, 0.25) is 0 Å². The van der Waals surface area contributed by atoms with Crippen molar-refractivity contribution in [1.82, 2.24) is 19.2 Å². The highest BCUT2D eigenvalue weighted by Crippen LogP contribution is 2.42. The number of nitrogens with zero attached hydrogens (tertiary/aromatic N) is 4. The first kappa shape index (κ1) is 29.6. The number of imidazole rings is 1. The zero-order valence-corrected chi connectivity index (χ0v) is 24.9. The predicted molar refractivity (Wildman–Crippen MR) is 159 cm³/mol. The number of benzene rings is 1. The molecular formula is C32H40N4O6. The first-order valence-electron chi connectivity index (χ1n) is 14.8. The molecule has 0 aliphatic carbocycles. The molecule has 2 fully saturated rings. The van der Waals surface area contributed by atoms with Gasteiger partial charge in [0, 0.05) is 32.4 Å². The third-order valence-electron chi connectivity index (χ3n) is 7.95. The molecule has 10 nitrogen and oxygen atoms in total. The van der Waals surface area contributed by atoms with Crippen molar-refractivity contribution >= 4 is 23.1 Å². The lowest BCUT2D eigenvalue weighted by atomic mass is 9.96. The monoisotopic (exact) mass is 576 g/mol. The van der Waals surface area contributed by atoms with Crippen LogP contribution in [-0.4, -0.2) is 88.6 Å². The molecular weight excluding hydrogens is 536 g/mol. The third-order valence-corrected chi connectivity index (χ3v) is 7.95. The summed E-state index contributed by atoms with van der Waals surface area (Å²) in [6.45, 7) is 12.4. The van der Waals surface area contributed by atoms with E-state index in [2.05, 4.69) is 11.8 Å². The fourth-order valence-electron chi connectivity index (χ4n) is 5.61. The van der Waals surface area contributed by atoms with Crippen LogP contribution in [0.1, 0.15) is 55.2 Å². The number of aromatic nitrogens is 2. The quantitative estimate of drug-likeness (QED) is 0.156. The molecule has 3 aromatic rings. The van der Waals surface area contributed by atoms with Gasteiger partial charge in [-0.3, -0.25) is 14.5 Å². The molecule has 0 radical (unpaired) electrons. The highest BCUT2D eigenvalue weighted by molar-refractivity contribution is 6.46. The molecule has 1 N–H and O–H groups in total. The minimum Gasteiger partial charge on any atom is -0.505 e. The minimum absolute atomic E-state index is 0.0215. The molecule has 5 rings (SSSR count). The van der Waals surface area contributed by atoms with E-state index in [9.17, 15) is 14.7 Å². The lowest BCUT2D eigenvalue weighted by molar-refractivity contribution is -0.140. The minimum atomic E-state index is -0.819. The third kappa shape index (κ3) is 5.73. The molecule has 0 saturated carbocycles. The van der Waals surface area contributed by atoms with Crippen molar-refractivity contribution in [3.63, 3.8) is 0 Å². The highest BCUT2D eigenvalue weighted by Gasteiger charge is 2.46. The SMILES string of the molecule is CCCCOc1ccc(C2/C(=C(\O)c3nc4c(C)cccn4c3C)C(=O)C(=O)N2CCN2CCOCC2)cc1OCC. The first-order chi connectivity index (χ1) is 20.3. The Labute approximate surface area is 246 Å². The van der Waals surface area contributed by atoms with Crippen LogP contribution in [0, 0.1) is 13.8 Å². The van der Waals surface area contributed by atoms with Gasteiger partial charge in [-0.05, 0) is 56.5 Å². The molecule has 0 bridgehead atoms. The number of unbranched alkanes of at least 4 members (excludes halogenated alkanes) is 1. The van der Waals surface area contributed by atoms with E-state index >= 15 is 0 Å². The fraction of sp³-hybridized carbons (Fsp3) is 0.469. The van der Waals surface area contributed by atoms with Gasteiger partial charge in [-0.25, -0.2) is 4.98 Å². The number of amides is 1. The zero-order valence-electron chi connectivity index (χ0n) is 24.9. The predicted octanol–water partition coefficient (Wildman–Crippen LogP) is 4.28. The number of carbonyl (C=O) groups excluding carboxylic acids is 2. The second-order valence-electron chi connectivity index (χ2n) is 10.7. The summed E-state index contributed by atoms with van der Waals surface area (Å²) in [5, 5.41) is 11.7. The molecule has 10 heteroatoms. The number of hydrogen-bond acceptors (Lipinski definition) is 8. The standard InChI is InChI=1S/C32H40N4O6/c1-5-7-17-42-24-11-10-23(20-25(24)41-6-2)28-26(29(37)27-22(4)35-12-8-9-21(3)31(35)33-27)30(38)32(39)36(28)14-13-34-15-18-40-19-16-34/h8-12,20,28,37H,5-7,13-19H2,1-4H3/b29-26+. The molecule has 42 heavy (non-hydrogen) atoms. The number of carbonyl (C=O) groups is 2. The number of aryl methyl sites for hydroxylation is 2. The van der Waals surface area contributed by atoms with Crippen LogP contribution in [0.5, 0.6) is 11.5 Å². The number of fused-ring (bicyclic) bond motifs is 1. The number of Topliss-reactive ketones (excluding diaryl/α,β-unsaturated/α-hetero) is 1. The van der Waals surface area contributed by atoms with Gasteiger partial charge in [0.2, 0.25) is 0 Å². The van der Waals surface area contributed by atoms with E-state index in [1.807, 2.05) is 61.7 Å². The van der Waals surface area contributed by atoms with Gasteiger partial charge in [0.1, 0.15) is 11.3 Å². The van der Waals surface area contributed by atoms with Gasteiger partial charge in [-0.2, -0.15) is 0 Å². The number of aliphatic hydroxyl groups excluding tert-OH is 1. The van der Waals surface area contributed by atoms with Gasteiger partial charge in [-0.15, -0.1) is 0 Å². The van der Waals surface area contributed by atoms with E-state index in [0.29, 0.717) is 67.9 Å². The van der Waals surface area contributed by atoms with Gasteiger partial charge in [-0.1, -0.05) is 25.5 Å². The van der Waals surface area contributed by atoms with Crippen molar-refractivity contribution in [2.75, 3.05) is 52.6 Å². The topological polar surface area (TPSA) is 106 Å². The molecule has 1 unspecified atom stereocenters. The molecule has 4 heterocycles. The van der Waals surface area contributed by atoms with Gasteiger partial charge in [0.05, 0.1) is 43.7 Å². The van der Waals surface area contributed by atoms with Crippen LogP contribution in [0.25, 0.3) is 11.4 Å². The summed E-state index contributed by atoms with van der Waals surface area (Å²) in [6.07, 6.45) is 3.78. The molecule has 2 aliphatic heterocycles. The van der Waals surface area contributed by atoms with E-state index in [4.69, 9.17) is 19.2 Å². The number of ether oxygens (including phenoxy) is 3. The summed E-state index contributed by atoms with van der Waals surface area (Å²) < 4.78 is 19.3. The molecule has 2 aromatic heterocycles. The maximum Gasteiger partial charge on any atom is 0.295 e. The molecule has 1 aromatic carbocycles. The normalized spacial score (nSPS) is 19.1. The summed E-state index contributed by atoms with van der Waals surface area (Å²) in [5.41, 5.74) is 3.25. The van der Waals surface area contributed by atoms with Crippen molar-refractivity contribution in [2.24, 2.45) is 0 Å². The highest BCUT2D eigenvalue weighted by atomic mass is 16.5. The van der Waals surface area contributed by atoms with Crippen LogP contribution < -0.4 is 9.47 Å². The van der Waals surface area contributed by atoms with Crippen LogP contribution in [0.4, 0.5) is 0 Å². The molecule has 0 spiro atoms. The summed E-state index contributed by atoms with van der Waals surface area (Å²) in [7, 11) is 0. The van der Waals surface area contributed by atoms with Crippen molar-refractivity contribution in [3.8, 4) is 11.5 Å². The van der Waals surface area contributed by atoms with E-state index in [-0.39, 0.29) is 17.0 Å². The fourth-order valence-corrected chi connectivity index (χ4v) is 5.61. The molecule has 1 atom stereocenters. The summed E-state index contributed by atoms with van der Waals surface area (Å²) >= 11 is 0. The summed E-state index contributed by atoms with van der Waals surface area (Å²) in [6, 6.07) is 8.51. The summed E-state index contributed by atoms with van der Waals surface area (Å²) in [5.74, 6) is -0.521. The Kier molecular flexibility index (Phi) is 9.13. The maximum atomic E-state index is 13.7. The van der Waals surface area contributed by atoms with Crippen molar-refractivity contribution in [3.05, 3.63) is 64.6 Å². The Hall–Kier alpha value is -3.89. The van der Waals surface area contributed by atoms with Crippen LogP contribution >= 0.6 is 0 Å². The number of aliphatic hydroxyl groups is 1. The number of hydrogen-bond donors (Lipinski definition) is 1. The summed E-state index contributed by atoms with van der Waals surface area (Å²) in [4.78, 5) is 35.7. The average Bonchev–Trinajstić information content (AvgIpc) is 3.47. The molecule has 2 aliphatic rings. The lowest BCUT2D eigenvalue weighted by Crippen LogP contribution is -2.42. The van der Waals surface area contributed by atoms with E-state index < -0.39 is 17.7 Å². The first-order valence-corrected chi connectivity index (χ1v) is 14.8. The van der Waals surface area contributed by atoms with Crippen molar-refractivity contribution in [1.29, 1.82) is 0 Å². The Bertz CT molecular complexity index is 1490. The number of likely N-dealkylation sites (tertiary alicyclic amines) is 1. The average molecular weight is 577 g/mol. The van der Waals surface area contributed by atoms with Gasteiger partial charge >= 0.3 is 0 Å². The Morgan fingerprint density at radius 2 is 1.86 bits per heavy atom. The van der Waals surface area contributed by atoms with E-state index in [0.717, 1.165) is 31.5 Å². The van der Waals surface area contributed by atoms with Crippen molar-refractivity contribution in [2.45, 2.75) is 46.6 Å². The van der Waals surface area contributed by atoms with E-state index in [1.165, 1.54) is 0 Å². The number of ketones is 1. The second-order valence-corrected chi connectivity index (χ2v) is 10.7. The molecule has 224 valence electrons. The van der Waals surface area contributed by atoms with Gasteiger partial charge in [0.25, 0.3) is 11.7 Å². The lowest BCUT2D eigenvalue weighted by Gasteiger charge is -2.31. The van der Waals surface area contributed by atoms with E-state index in [1.54, 1.807) is 4.90 Å². The Morgan fingerprint density at radius 3 is 2.57 bits per heavy atom. The Morgan fingerprint density at radius 1 is 1.07 bits per heavy atom. The maximum absolute atomic E-state index is 13.7. The molecule has 1 amide bonds. The van der Waals surface area contributed by atoms with Gasteiger partial charge in [0.15, 0.2) is 17.3 Å². The van der Waals surface area contributed by atoms with Gasteiger partial charge < -0.3 is 28.6 Å². The van der Waals surface area contributed by atoms with Crippen LogP contribution in [0.3, 0.4) is 0 Å². The number of rotatable bonds is 11. The van der Waals surface area contributed by atoms with Crippen LogP contribution in [0.15, 0.2) is 42.1 Å². The largest absolute Gasteiger partial charge is 0.505 e. The zero-order chi connectivity index (χ0) is 29.8. The Balaban J connectivity index is 1.60. The molecule has 2 saturated heterocycles. The smallest absolute Gasteiger partial charge is 0.295 e. The number of pyridine rings is 1. The van der Waals surface area contributed by atoms with Crippen LogP contribution in [-0.2, 0) is 14.3 Å². The second kappa shape index (κ2) is 13.0. The van der Waals surface area contributed by atoms with Crippen molar-refractivity contribution < 1.29 is 28.9 Å². The number of morpholine rings is 1.